The van der Waals surface area contributed by atoms with Crippen molar-refractivity contribution in [3.63, 3.8) is 0 Å². The molecule has 0 amide bonds. The van der Waals surface area contributed by atoms with Crippen LogP contribution < -0.4 is 10.5 Å². The molecule has 19 heavy (non-hydrogen) atoms. The number of fused-ring (bicyclic) bond motifs is 1. The van der Waals surface area contributed by atoms with Crippen LogP contribution >= 0.6 is 12.4 Å². The molecule has 0 aromatic heterocycles. The highest BCUT2D eigenvalue weighted by Crippen LogP contribution is 2.24. The van der Waals surface area contributed by atoms with Gasteiger partial charge >= 0.3 is 5.97 Å². The van der Waals surface area contributed by atoms with Crippen LogP contribution in [0.3, 0.4) is 0 Å². The van der Waals surface area contributed by atoms with Gasteiger partial charge < -0.3 is 15.2 Å². The summed E-state index contributed by atoms with van der Waals surface area (Å²) in [7, 11) is 2.96. The molecule has 0 saturated carbocycles. The molecule has 2 aromatic carbocycles. The third-order valence-electron chi connectivity index (χ3n) is 2.89. The number of ether oxygens (including phenoxy) is 2. The molecule has 1 atom stereocenters. The normalized spacial score (nSPS) is 11.5. The maximum atomic E-state index is 11.4. The lowest BCUT2D eigenvalue weighted by molar-refractivity contribution is -0.142. The molecular formula is C14H16ClNO3. The summed E-state index contributed by atoms with van der Waals surface area (Å²) in [6.07, 6.45) is 0. The first kappa shape index (κ1) is 15.3. The Morgan fingerprint density at radius 1 is 1.11 bits per heavy atom. The van der Waals surface area contributed by atoms with Crippen LogP contribution in [0.5, 0.6) is 5.75 Å². The minimum absolute atomic E-state index is 0. The lowest BCUT2D eigenvalue weighted by Gasteiger charge is -2.10. The molecule has 0 aliphatic heterocycles. The number of esters is 1. The van der Waals surface area contributed by atoms with Gasteiger partial charge in [-0.3, -0.25) is 4.79 Å². The standard InChI is InChI=1S/C14H15NO3.ClH/c1-17-12-6-5-9-7-11(4-3-10(9)8-12)13(15)14(16)18-2;/h3-8,13H,15H2,1-2H3;1H/t13-;/m1./s1. The number of carbonyl (C=O) groups excluding carboxylic acids is 1. The van der Waals surface area contributed by atoms with Crippen molar-refractivity contribution < 1.29 is 14.3 Å². The van der Waals surface area contributed by atoms with E-state index in [9.17, 15) is 4.79 Å². The molecule has 4 nitrogen and oxygen atoms in total. The second-order valence-corrected chi connectivity index (χ2v) is 3.97. The fourth-order valence-corrected chi connectivity index (χ4v) is 1.83. The van der Waals surface area contributed by atoms with Gasteiger partial charge in [-0.25, -0.2) is 0 Å². The van der Waals surface area contributed by atoms with Gasteiger partial charge in [0.2, 0.25) is 0 Å². The predicted molar refractivity (Wildman–Crippen MR) is 76.7 cm³/mol. The fraction of sp³-hybridized carbons (Fsp3) is 0.214. The third kappa shape index (κ3) is 3.16. The van der Waals surface area contributed by atoms with Crippen molar-refractivity contribution in [2.45, 2.75) is 6.04 Å². The second-order valence-electron chi connectivity index (χ2n) is 3.97. The third-order valence-corrected chi connectivity index (χ3v) is 2.89. The highest BCUT2D eigenvalue weighted by Gasteiger charge is 2.16. The van der Waals surface area contributed by atoms with Gasteiger partial charge in [0.05, 0.1) is 14.2 Å². The molecule has 5 heteroatoms. The van der Waals surface area contributed by atoms with Gasteiger partial charge in [-0.2, -0.15) is 0 Å². The molecule has 0 saturated heterocycles. The van der Waals surface area contributed by atoms with E-state index in [2.05, 4.69) is 4.74 Å². The number of hydrogen-bond donors (Lipinski definition) is 1. The Bertz CT molecular complexity index is 586. The first-order valence-corrected chi connectivity index (χ1v) is 5.57. The Morgan fingerprint density at radius 3 is 2.37 bits per heavy atom. The van der Waals surface area contributed by atoms with Crippen molar-refractivity contribution >= 4 is 29.1 Å². The Morgan fingerprint density at radius 2 is 1.74 bits per heavy atom. The van der Waals surface area contributed by atoms with E-state index in [1.165, 1.54) is 7.11 Å². The summed E-state index contributed by atoms with van der Waals surface area (Å²) in [5.74, 6) is 0.357. The van der Waals surface area contributed by atoms with E-state index in [-0.39, 0.29) is 12.4 Å². The summed E-state index contributed by atoms with van der Waals surface area (Å²) in [6, 6.07) is 10.6. The molecular weight excluding hydrogens is 266 g/mol. The van der Waals surface area contributed by atoms with Gasteiger partial charge in [-0.05, 0) is 34.5 Å². The summed E-state index contributed by atoms with van der Waals surface area (Å²) >= 11 is 0. The lowest BCUT2D eigenvalue weighted by Crippen LogP contribution is -2.22. The minimum atomic E-state index is -0.749. The highest BCUT2D eigenvalue weighted by molar-refractivity contribution is 5.86. The molecule has 2 aromatic rings. The van der Waals surface area contributed by atoms with Crippen LogP contribution in [-0.2, 0) is 9.53 Å². The molecule has 0 aliphatic rings. The molecule has 102 valence electrons. The molecule has 0 spiro atoms. The van der Waals surface area contributed by atoms with E-state index >= 15 is 0 Å². The van der Waals surface area contributed by atoms with E-state index in [1.54, 1.807) is 7.11 Å². The number of benzene rings is 2. The zero-order valence-corrected chi connectivity index (χ0v) is 11.6. The summed E-state index contributed by atoms with van der Waals surface area (Å²) in [4.78, 5) is 11.4. The summed E-state index contributed by atoms with van der Waals surface area (Å²) in [6.45, 7) is 0. The van der Waals surface area contributed by atoms with Crippen molar-refractivity contribution in [1.82, 2.24) is 0 Å². The smallest absolute Gasteiger partial charge is 0.327 e. The minimum Gasteiger partial charge on any atom is -0.497 e. The van der Waals surface area contributed by atoms with Gasteiger partial charge in [0, 0.05) is 0 Å². The van der Waals surface area contributed by atoms with Crippen LogP contribution in [0.15, 0.2) is 36.4 Å². The van der Waals surface area contributed by atoms with Gasteiger partial charge in [-0.15, -0.1) is 12.4 Å². The monoisotopic (exact) mass is 281 g/mol. The quantitative estimate of drug-likeness (QED) is 0.878. The first-order chi connectivity index (χ1) is 8.65. The topological polar surface area (TPSA) is 61.5 Å². The molecule has 0 fully saturated rings. The van der Waals surface area contributed by atoms with Gasteiger partial charge in [-0.1, -0.05) is 18.2 Å². The SMILES string of the molecule is COC(=O)[C@H](N)c1ccc2cc(OC)ccc2c1.Cl. The van der Waals surface area contributed by atoms with Crippen molar-refractivity contribution in [2.24, 2.45) is 5.73 Å². The van der Waals surface area contributed by atoms with Crippen LogP contribution in [0.25, 0.3) is 10.8 Å². The van der Waals surface area contributed by atoms with Crippen LogP contribution in [0.2, 0.25) is 0 Å². The van der Waals surface area contributed by atoms with Crippen molar-refractivity contribution in [3.05, 3.63) is 42.0 Å². The number of rotatable bonds is 3. The lowest BCUT2D eigenvalue weighted by atomic mass is 10.0. The Labute approximate surface area is 117 Å². The van der Waals surface area contributed by atoms with E-state index < -0.39 is 12.0 Å². The zero-order chi connectivity index (χ0) is 13.1. The molecule has 0 heterocycles. The molecule has 0 radical (unpaired) electrons. The van der Waals surface area contributed by atoms with Crippen molar-refractivity contribution in [3.8, 4) is 5.75 Å². The molecule has 0 bridgehead atoms. The van der Waals surface area contributed by atoms with Gasteiger partial charge in [0.15, 0.2) is 0 Å². The van der Waals surface area contributed by atoms with Gasteiger partial charge in [0.25, 0.3) is 0 Å². The average Bonchev–Trinajstić information content (AvgIpc) is 2.44. The summed E-state index contributed by atoms with van der Waals surface area (Å²) in [5.41, 5.74) is 6.53. The molecule has 0 aliphatic carbocycles. The molecule has 2 N–H and O–H groups in total. The van der Waals surface area contributed by atoms with Gasteiger partial charge in [0.1, 0.15) is 11.8 Å². The van der Waals surface area contributed by atoms with E-state index in [4.69, 9.17) is 10.5 Å². The Kier molecular flexibility index (Phi) is 5.15. The number of carbonyl (C=O) groups is 1. The number of methoxy groups -OCH3 is 2. The second kappa shape index (κ2) is 6.41. The maximum Gasteiger partial charge on any atom is 0.327 e. The van der Waals surface area contributed by atoms with Crippen LogP contribution in [0.1, 0.15) is 11.6 Å². The van der Waals surface area contributed by atoms with Crippen LogP contribution in [0.4, 0.5) is 0 Å². The van der Waals surface area contributed by atoms with Crippen LogP contribution in [0, 0.1) is 0 Å². The Balaban J connectivity index is 0.00000180. The molecule has 2 rings (SSSR count). The van der Waals surface area contributed by atoms with E-state index in [0.717, 1.165) is 22.1 Å². The number of halogens is 1. The Hall–Kier alpha value is -1.78. The average molecular weight is 282 g/mol. The maximum absolute atomic E-state index is 11.4. The first-order valence-electron chi connectivity index (χ1n) is 5.57. The predicted octanol–water partition coefficient (Wildman–Crippen LogP) is 2.44. The number of hydrogen-bond acceptors (Lipinski definition) is 4. The van der Waals surface area contributed by atoms with Crippen molar-refractivity contribution in [1.29, 1.82) is 0 Å². The van der Waals surface area contributed by atoms with Crippen molar-refractivity contribution in [2.75, 3.05) is 14.2 Å². The van der Waals surface area contributed by atoms with Crippen LogP contribution in [-0.4, -0.2) is 20.2 Å². The summed E-state index contributed by atoms with van der Waals surface area (Å²) in [5, 5.41) is 2.04. The van der Waals surface area contributed by atoms with E-state index in [1.807, 2.05) is 36.4 Å². The number of nitrogens with two attached hydrogens (primary N) is 1. The summed E-state index contributed by atoms with van der Waals surface area (Å²) < 4.78 is 9.79. The molecule has 0 unspecified atom stereocenters. The largest absolute Gasteiger partial charge is 0.497 e. The fourth-order valence-electron chi connectivity index (χ4n) is 1.83. The zero-order valence-electron chi connectivity index (χ0n) is 10.8. The highest BCUT2D eigenvalue weighted by atomic mass is 35.5. The van der Waals surface area contributed by atoms with E-state index in [0.29, 0.717) is 0 Å².